The lowest BCUT2D eigenvalue weighted by molar-refractivity contribution is -0.139. The van der Waals surface area contributed by atoms with Crippen molar-refractivity contribution >= 4 is 17.3 Å². The number of hydrogen-bond donors (Lipinski definition) is 2. The molecule has 1 aromatic rings. The fourth-order valence-corrected chi connectivity index (χ4v) is 1.76. The van der Waals surface area contributed by atoms with Gasteiger partial charge in [0.2, 0.25) is 0 Å². The number of thiazole rings is 1. The number of carboxylic acid groups (broad SMARTS) is 1. The summed E-state index contributed by atoms with van der Waals surface area (Å²) in [5.74, 6) is -1.03. The van der Waals surface area contributed by atoms with Gasteiger partial charge in [-0.2, -0.15) is 0 Å². The van der Waals surface area contributed by atoms with E-state index in [2.05, 4.69) is 4.98 Å². The van der Waals surface area contributed by atoms with Crippen LogP contribution in [0.5, 0.6) is 0 Å². The lowest BCUT2D eigenvalue weighted by Gasteiger charge is -2.13. The van der Waals surface area contributed by atoms with Gasteiger partial charge in [0.05, 0.1) is 5.01 Å². The molecule has 1 aromatic heterocycles. The van der Waals surface area contributed by atoms with E-state index >= 15 is 0 Å². The molecular formula is C8H12N2O2S. The van der Waals surface area contributed by atoms with E-state index in [1.165, 1.54) is 11.3 Å². The van der Waals surface area contributed by atoms with E-state index < -0.39 is 12.0 Å². The maximum absolute atomic E-state index is 10.5. The number of nitrogens with two attached hydrogens (primary N) is 1. The van der Waals surface area contributed by atoms with Gasteiger partial charge in [-0.25, -0.2) is 4.98 Å². The van der Waals surface area contributed by atoms with E-state index in [1.54, 1.807) is 6.20 Å². The molecule has 0 aliphatic carbocycles. The van der Waals surface area contributed by atoms with Gasteiger partial charge < -0.3 is 10.8 Å². The monoisotopic (exact) mass is 200 g/mol. The second-order valence-corrected chi connectivity index (χ2v) is 3.95. The predicted molar refractivity (Wildman–Crippen MR) is 50.6 cm³/mol. The summed E-state index contributed by atoms with van der Waals surface area (Å²) in [5, 5.41) is 11.4. The fraction of sp³-hybridized carbons (Fsp3) is 0.500. The number of hydrogen-bond acceptors (Lipinski definition) is 4. The molecule has 2 atom stereocenters. The Morgan fingerprint density at radius 1 is 1.85 bits per heavy atom. The molecule has 0 bridgehead atoms. The van der Waals surface area contributed by atoms with Crippen LogP contribution in [0.15, 0.2) is 11.6 Å². The zero-order valence-electron chi connectivity index (χ0n) is 7.30. The number of nitrogens with zero attached hydrogens (tertiary/aromatic N) is 1. The normalized spacial score (nSPS) is 15.2. The molecule has 0 aromatic carbocycles. The van der Waals surface area contributed by atoms with Crippen molar-refractivity contribution in [2.45, 2.75) is 19.4 Å². The van der Waals surface area contributed by atoms with Gasteiger partial charge in [0.15, 0.2) is 0 Å². The van der Waals surface area contributed by atoms with Crippen molar-refractivity contribution in [3.05, 3.63) is 16.6 Å². The van der Waals surface area contributed by atoms with Crippen LogP contribution in [0.25, 0.3) is 0 Å². The molecule has 5 heteroatoms. The molecule has 0 spiro atoms. The Balaban J connectivity index is 2.50. The molecule has 0 fully saturated rings. The van der Waals surface area contributed by atoms with Crippen LogP contribution in [0.2, 0.25) is 0 Å². The van der Waals surface area contributed by atoms with Crippen molar-refractivity contribution < 1.29 is 9.90 Å². The van der Waals surface area contributed by atoms with Gasteiger partial charge in [0, 0.05) is 18.0 Å². The molecule has 0 saturated heterocycles. The lowest BCUT2D eigenvalue weighted by Crippen LogP contribution is -2.37. The van der Waals surface area contributed by atoms with E-state index in [4.69, 9.17) is 10.8 Å². The number of rotatable bonds is 4. The molecule has 4 nitrogen and oxygen atoms in total. The Bertz CT molecular complexity index is 274. The summed E-state index contributed by atoms with van der Waals surface area (Å²) in [4.78, 5) is 14.6. The first-order chi connectivity index (χ1) is 6.11. The van der Waals surface area contributed by atoms with E-state index in [0.717, 1.165) is 5.01 Å². The second-order valence-electron chi connectivity index (χ2n) is 2.97. The molecule has 0 amide bonds. The molecule has 0 radical (unpaired) electrons. The summed E-state index contributed by atoms with van der Waals surface area (Å²) < 4.78 is 0. The number of carbonyl (C=O) groups is 1. The second kappa shape index (κ2) is 4.34. The van der Waals surface area contributed by atoms with Crippen LogP contribution < -0.4 is 5.73 Å². The lowest BCUT2D eigenvalue weighted by atomic mass is 10.00. The van der Waals surface area contributed by atoms with E-state index in [0.29, 0.717) is 6.42 Å². The Hall–Kier alpha value is -0.940. The Morgan fingerprint density at radius 2 is 2.54 bits per heavy atom. The van der Waals surface area contributed by atoms with Crippen LogP contribution in [0, 0.1) is 5.92 Å². The van der Waals surface area contributed by atoms with E-state index in [-0.39, 0.29) is 5.92 Å². The predicted octanol–water partition coefficient (Wildman–Crippen LogP) is 0.734. The molecule has 0 aliphatic heterocycles. The van der Waals surface area contributed by atoms with Crippen LogP contribution in [0.1, 0.15) is 11.9 Å². The summed E-state index contributed by atoms with van der Waals surface area (Å²) in [7, 11) is 0. The molecule has 3 N–H and O–H groups in total. The maximum atomic E-state index is 10.5. The Morgan fingerprint density at radius 3 is 3.00 bits per heavy atom. The van der Waals surface area contributed by atoms with Crippen LogP contribution in [0.4, 0.5) is 0 Å². The van der Waals surface area contributed by atoms with Gasteiger partial charge in [-0.15, -0.1) is 11.3 Å². The van der Waals surface area contributed by atoms with Crippen molar-refractivity contribution in [3.63, 3.8) is 0 Å². The quantitative estimate of drug-likeness (QED) is 0.751. The molecule has 0 aliphatic rings. The van der Waals surface area contributed by atoms with Crippen LogP contribution in [-0.2, 0) is 11.2 Å². The van der Waals surface area contributed by atoms with Gasteiger partial charge in [-0.05, 0) is 5.92 Å². The van der Waals surface area contributed by atoms with Crippen LogP contribution in [-0.4, -0.2) is 22.1 Å². The van der Waals surface area contributed by atoms with Gasteiger partial charge in [0.1, 0.15) is 6.04 Å². The third-order valence-electron chi connectivity index (χ3n) is 1.88. The third kappa shape index (κ3) is 2.78. The summed E-state index contributed by atoms with van der Waals surface area (Å²) in [5.41, 5.74) is 5.45. The Labute approximate surface area is 80.4 Å². The van der Waals surface area contributed by atoms with Crippen LogP contribution in [0.3, 0.4) is 0 Å². The molecule has 72 valence electrons. The van der Waals surface area contributed by atoms with Crippen molar-refractivity contribution in [1.82, 2.24) is 4.98 Å². The number of carboxylic acids is 1. The zero-order chi connectivity index (χ0) is 9.84. The minimum atomic E-state index is -0.955. The first-order valence-electron chi connectivity index (χ1n) is 3.98. The maximum Gasteiger partial charge on any atom is 0.320 e. The van der Waals surface area contributed by atoms with Crippen molar-refractivity contribution in [2.75, 3.05) is 0 Å². The molecule has 1 rings (SSSR count). The first-order valence-corrected chi connectivity index (χ1v) is 4.86. The summed E-state index contributed by atoms with van der Waals surface area (Å²) in [6.45, 7) is 1.82. The van der Waals surface area contributed by atoms with Gasteiger partial charge in [-0.1, -0.05) is 6.92 Å². The SMILES string of the molecule is CC(Cc1nccs1)[C@H](N)C(=O)O. The topological polar surface area (TPSA) is 76.2 Å². The van der Waals surface area contributed by atoms with Crippen molar-refractivity contribution in [2.24, 2.45) is 11.7 Å². The molecule has 1 heterocycles. The summed E-state index contributed by atoms with van der Waals surface area (Å²) >= 11 is 1.52. The molecule has 1 unspecified atom stereocenters. The molecule has 0 saturated carbocycles. The standard InChI is InChI=1S/C8H12N2O2S/c1-5(7(9)8(11)12)4-6-10-2-3-13-6/h2-3,5,7H,4,9H2,1H3,(H,11,12)/t5?,7-/m0/s1. The third-order valence-corrected chi connectivity index (χ3v) is 2.68. The molecular weight excluding hydrogens is 188 g/mol. The van der Waals surface area contributed by atoms with Gasteiger partial charge in [0.25, 0.3) is 0 Å². The number of aromatic nitrogens is 1. The minimum absolute atomic E-state index is 0.0800. The summed E-state index contributed by atoms with van der Waals surface area (Å²) in [6.07, 6.45) is 2.34. The van der Waals surface area contributed by atoms with Crippen molar-refractivity contribution in [1.29, 1.82) is 0 Å². The zero-order valence-corrected chi connectivity index (χ0v) is 8.12. The van der Waals surface area contributed by atoms with Crippen LogP contribution >= 0.6 is 11.3 Å². The van der Waals surface area contributed by atoms with Gasteiger partial charge >= 0.3 is 5.97 Å². The largest absolute Gasteiger partial charge is 0.480 e. The average molecular weight is 200 g/mol. The van der Waals surface area contributed by atoms with Crippen molar-refractivity contribution in [3.8, 4) is 0 Å². The minimum Gasteiger partial charge on any atom is -0.480 e. The van der Waals surface area contributed by atoms with E-state index in [9.17, 15) is 4.79 Å². The van der Waals surface area contributed by atoms with E-state index in [1.807, 2.05) is 12.3 Å². The van der Waals surface area contributed by atoms with Gasteiger partial charge in [-0.3, -0.25) is 4.79 Å². The average Bonchev–Trinajstić information content (AvgIpc) is 2.55. The highest BCUT2D eigenvalue weighted by Gasteiger charge is 2.20. The first kappa shape index (κ1) is 10.1. The summed E-state index contributed by atoms with van der Waals surface area (Å²) in [6, 6.07) is -0.802. The highest BCUT2D eigenvalue weighted by molar-refractivity contribution is 7.09. The number of aliphatic carboxylic acids is 1. The highest BCUT2D eigenvalue weighted by atomic mass is 32.1. The fourth-order valence-electron chi connectivity index (χ4n) is 1.000. The molecule has 13 heavy (non-hydrogen) atoms. The smallest absolute Gasteiger partial charge is 0.320 e. The Kier molecular flexibility index (Phi) is 3.39. The highest BCUT2D eigenvalue weighted by Crippen LogP contribution is 2.13.